The lowest BCUT2D eigenvalue weighted by Gasteiger charge is -2.08. The Morgan fingerprint density at radius 3 is 2.76 bits per heavy atom. The van der Waals surface area contributed by atoms with Crippen LogP contribution in [0.25, 0.3) is 0 Å². The van der Waals surface area contributed by atoms with Crippen LogP contribution in [-0.4, -0.2) is 28.2 Å². The normalized spacial score (nSPS) is 12.2. The zero-order chi connectivity index (χ0) is 12.9. The summed E-state index contributed by atoms with van der Waals surface area (Å²) in [5.74, 6) is 0.457. The smallest absolute Gasteiger partial charge is 0.251 e. The van der Waals surface area contributed by atoms with E-state index in [0.29, 0.717) is 34.4 Å². The van der Waals surface area contributed by atoms with Crippen LogP contribution in [-0.2, 0) is 14.8 Å². The first kappa shape index (κ1) is 15.1. The van der Waals surface area contributed by atoms with Gasteiger partial charge in [-0.2, -0.15) is 0 Å². The summed E-state index contributed by atoms with van der Waals surface area (Å²) in [5, 5.41) is 1.73. The van der Waals surface area contributed by atoms with Crippen molar-refractivity contribution in [1.29, 1.82) is 0 Å². The molecule has 0 aliphatic carbocycles. The van der Waals surface area contributed by atoms with E-state index >= 15 is 0 Å². The number of hydrogen-bond acceptors (Lipinski definition) is 4. The molecule has 7 heteroatoms. The monoisotopic (exact) mass is 341 g/mol. The van der Waals surface area contributed by atoms with Crippen LogP contribution >= 0.6 is 27.3 Å². The second-order valence-corrected chi connectivity index (χ2v) is 7.66. The first-order valence-corrected chi connectivity index (χ1v) is 8.39. The van der Waals surface area contributed by atoms with Crippen LogP contribution < -0.4 is 4.72 Å². The molecule has 0 amide bonds. The fraction of sp³-hybridized carbons (Fsp3) is 0.600. The van der Waals surface area contributed by atoms with Crippen molar-refractivity contribution >= 4 is 37.3 Å². The second kappa shape index (κ2) is 6.84. The van der Waals surface area contributed by atoms with Crippen molar-refractivity contribution in [2.75, 3.05) is 19.8 Å². The van der Waals surface area contributed by atoms with E-state index in [0.717, 1.165) is 0 Å². The molecule has 0 aliphatic heterocycles. The highest BCUT2D eigenvalue weighted by atomic mass is 79.9. The minimum atomic E-state index is -3.41. The fourth-order valence-corrected chi connectivity index (χ4v) is 4.50. The Labute approximate surface area is 115 Å². The number of thiophene rings is 1. The maximum Gasteiger partial charge on any atom is 0.251 e. The molecule has 1 N–H and O–H groups in total. The molecule has 0 aromatic carbocycles. The van der Waals surface area contributed by atoms with Crippen molar-refractivity contribution in [2.24, 2.45) is 5.92 Å². The van der Waals surface area contributed by atoms with Crippen LogP contribution in [0, 0.1) is 5.92 Å². The number of rotatable bonds is 7. The van der Waals surface area contributed by atoms with E-state index in [1.165, 1.54) is 11.3 Å². The van der Waals surface area contributed by atoms with Crippen molar-refractivity contribution in [2.45, 2.75) is 18.1 Å². The molecule has 98 valence electrons. The van der Waals surface area contributed by atoms with Gasteiger partial charge >= 0.3 is 0 Å². The maximum atomic E-state index is 11.8. The molecular formula is C10H16BrNO3S2. The minimum Gasteiger partial charge on any atom is -0.380 e. The molecule has 0 bridgehead atoms. The zero-order valence-electron chi connectivity index (χ0n) is 9.77. The Balaban J connectivity index is 2.39. The number of halogens is 1. The summed E-state index contributed by atoms with van der Waals surface area (Å²) in [5.41, 5.74) is 0. The predicted molar refractivity (Wildman–Crippen MR) is 72.9 cm³/mol. The van der Waals surface area contributed by atoms with Gasteiger partial charge < -0.3 is 4.74 Å². The van der Waals surface area contributed by atoms with Crippen LogP contribution in [0.1, 0.15) is 13.8 Å². The summed E-state index contributed by atoms with van der Waals surface area (Å²) in [7, 11) is -3.41. The van der Waals surface area contributed by atoms with Gasteiger partial charge in [0, 0.05) is 17.6 Å². The van der Waals surface area contributed by atoms with Crippen LogP contribution in [0.15, 0.2) is 20.1 Å². The number of ether oxygens (including phenoxy) is 1. The Kier molecular flexibility index (Phi) is 6.08. The third-order valence-electron chi connectivity index (χ3n) is 1.82. The number of sulfonamides is 1. The number of hydrogen-bond donors (Lipinski definition) is 1. The Morgan fingerprint density at radius 1 is 1.53 bits per heavy atom. The van der Waals surface area contributed by atoms with Crippen molar-refractivity contribution in [1.82, 2.24) is 4.72 Å². The molecule has 1 aromatic heterocycles. The molecule has 0 spiro atoms. The van der Waals surface area contributed by atoms with E-state index < -0.39 is 10.0 Å². The summed E-state index contributed by atoms with van der Waals surface area (Å²) in [6, 6.07) is 1.72. The molecule has 0 saturated carbocycles. The van der Waals surface area contributed by atoms with Gasteiger partial charge in [-0.15, -0.1) is 11.3 Å². The molecule has 1 rings (SSSR count). The highest BCUT2D eigenvalue weighted by Crippen LogP contribution is 2.27. The standard InChI is InChI=1S/C10H16BrNO3S2/c1-8(2)7-15-5-4-12-17(13,14)10-9(11)3-6-16-10/h3,6,8,12H,4-5,7H2,1-2H3. The van der Waals surface area contributed by atoms with E-state index in [1.807, 2.05) is 13.8 Å². The van der Waals surface area contributed by atoms with Gasteiger partial charge in [0.05, 0.1) is 6.61 Å². The van der Waals surface area contributed by atoms with Gasteiger partial charge in [0.1, 0.15) is 4.21 Å². The highest BCUT2D eigenvalue weighted by Gasteiger charge is 2.18. The maximum absolute atomic E-state index is 11.8. The molecule has 1 aromatic rings. The molecule has 0 unspecified atom stereocenters. The summed E-state index contributed by atoms with van der Waals surface area (Å²) < 4.78 is 32.4. The van der Waals surface area contributed by atoms with Crippen molar-refractivity contribution in [3.8, 4) is 0 Å². The summed E-state index contributed by atoms with van der Waals surface area (Å²) >= 11 is 4.39. The zero-order valence-corrected chi connectivity index (χ0v) is 13.0. The SMILES string of the molecule is CC(C)COCCNS(=O)(=O)c1sccc1Br. The van der Waals surface area contributed by atoms with Gasteiger partial charge in [-0.25, -0.2) is 13.1 Å². The lowest BCUT2D eigenvalue weighted by Crippen LogP contribution is -2.27. The Bertz CT molecular complexity index is 442. The molecule has 0 saturated heterocycles. The summed E-state index contributed by atoms with van der Waals surface area (Å²) in [6.07, 6.45) is 0. The van der Waals surface area contributed by atoms with Crippen LogP contribution in [0.2, 0.25) is 0 Å². The largest absolute Gasteiger partial charge is 0.380 e. The molecule has 0 radical (unpaired) electrons. The van der Waals surface area contributed by atoms with Crippen molar-refractivity contribution < 1.29 is 13.2 Å². The Morgan fingerprint density at radius 2 is 2.24 bits per heavy atom. The average molecular weight is 342 g/mol. The molecule has 1 heterocycles. The quantitative estimate of drug-likeness (QED) is 0.775. The topological polar surface area (TPSA) is 55.4 Å². The first-order chi connectivity index (χ1) is 7.93. The minimum absolute atomic E-state index is 0.291. The predicted octanol–water partition coefficient (Wildman–Crippen LogP) is 2.46. The number of nitrogens with one attached hydrogen (secondary N) is 1. The third kappa shape index (κ3) is 5.05. The van der Waals surface area contributed by atoms with Crippen LogP contribution in [0.5, 0.6) is 0 Å². The molecule has 17 heavy (non-hydrogen) atoms. The van der Waals surface area contributed by atoms with Gasteiger partial charge in [0.15, 0.2) is 0 Å². The summed E-state index contributed by atoms with van der Waals surface area (Å²) in [6.45, 7) is 5.42. The van der Waals surface area contributed by atoms with Gasteiger partial charge in [0.2, 0.25) is 0 Å². The molecule has 0 atom stereocenters. The molecule has 0 fully saturated rings. The van der Waals surface area contributed by atoms with Crippen LogP contribution in [0.4, 0.5) is 0 Å². The Hall–Kier alpha value is 0.0500. The van der Waals surface area contributed by atoms with Crippen molar-refractivity contribution in [3.63, 3.8) is 0 Å². The summed E-state index contributed by atoms with van der Waals surface area (Å²) in [4.78, 5) is 0. The van der Waals surface area contributed by atoms with E-state index in [2.05, 4.69) is 20.7 Å². The van der Waals surface area contributed by atoms with Crippen molar-refractivity contribution in [3.05, 3.63) is 15.9 Å². The molecule has 4 nitrogen and oxygen atoms in total. The highest BCUT2D eigenvalue weighted by molar-refractivity contribution is 9.10. The van der Waals surface area contributed by atoms with Gasteiger partial charge in [-0.3, -0.25) is 0 Å². The third-order valence-corrected chi connectivity index (χ3v) is 5.95. The van der Waals surface area contributed by atoms with E-state index in [9.17, 15) is 8.42 Å². The van der Waals surface area contributed by atoms with E-state index in [1.54, 1.807) is 11.4 Å². The van der Waals surface area contributed by atoms with Gasteiger partial charge in [-0.05, 0) is 33.3 Å². The fourth-order valence-electron chi connectivity index (χ4n) is 1.10. The average Bonchev–Trinajstić information content (AvgIpc) is 2.64. The van der Waals surface area contributed by atoms with Gasteiger partial charge in [0.25, 0.3) is 10.0 Å². The lowest BCUT2D eigenvalue weighted by atomic mass is 10.2. The molecule has 0 aliphatic rings. The van der Waals surface area contributed by atoms with E-state index in [-0.39, 0.29) is 0 Å². The van der Waals surface area contributed by atoms with Gasteiger partial charge in [-0.1, -0.05) is 13.8 Å². The first-order valence-electron chi connectivity index (χ1n) is 5.24. The lowest BCUT2D eigenvalue weighted by molar-refractivity contribution is 0.114. The van der Waals surface area contributed by atoms with E-state index in [4.69, 9.17) is 4.74 Å². The second-order valence-electron chi connectivity index (χ2n) is 3.92. The van der Waals surface area contributed by atoms with Crippen LogP contribution in [0.3, 0.4) is 0 Å². The molecular weight excluding hydrogens is 326 g/mol.